The molecule has 0 saturated carbocycles. The van der Waals surface area contributed by atoms with Crippen molar-refractivity contribution < 1.29 is 17.9 Å². The molecule has 0 heterocycles. The number of aryl methyl sites for hydroxylation is 1. The van der Waals surface area contributed by atoms with Crippen molar-refractivity contribution in [3.8, 4) is 5.75 Å². The summed E-state index contributed by atoms with van der Waals surface area (Å²) in [6.45, 7) is 3.14. The maximum Gasteiger partial charge on any atom is 0.232 e. The first-order chi connectivity index (χ1) is 14.3. The average Bonchev–Trinajstić information content (AvgIpc) is 2.74. The molecular weight excluding hydrogens is 420 g/mol. The maximum atomic E-state index is 12.2. The summed E-state index contributed by atoms with van der Waals surface area (Å²) >= 11 is 1.55. The van der Waals surface area contributed by atoms with Crippen LogP contribution in [-0.4, -0.2) is 46.5 Å². The molecule has 30 heavy (non-hydrogen) atoms. The summed E-state index contributed by atoms with van der Waals surface area (Å²) in [6.07, 6.45) is 4.79. The quantitative estimate of drug-likeness (QED) is 0.394. The van der Waals surface area contributed by atoms with Gasteiger partial charge in [0.05, 0.1) is 18.5 Å². The molecule has 2 aromatic rings. The van der Waals surface area contributed by atoms with Crippen molar-refractivity contribution in [3.63, 3.8) is 0 Å². The average molecular weight is 451 g/mol. The predicted molar refractivity (Wildman–Crippen MR) is 124 cm³/mol. The lowest BCUT2D eigenvalue weighted by atomic mass is 10.2. The van der Waals surface area contributed by atoms with Gasteiger partial charge >= 0.3 is 0 Å². The standard InChI is InChI=1S/C22H30N2O4S2/c1-4-18-10-12-20(13-11-18)28-16-14-23-22(25)9-6-15-24(30(3,26)27)19-7-5-8-21(17-19)29-2/h5,7-8,10-13,17H,4,6,9,14-16H2,1-3H3,(H,23,25). The molecule has 2 aromatic carbocycles. The van der Waals surface area contributed by atoms with Crippen molar-refractivity contribution in [2.24, 2.45) is 0 Å². The molecule has 0 spiro atoms. The van der Waals surface area contributed by atoms with Crippen LogP contribution in [0.5, 0.6) is 5.75 Å². The van der Waals surface area contributed by atoms with Gasteiger partial charge in [-0.1, -0.05) is 25.1 Å². The lowest BCUT2D eigenvalue weighted by Crippen LogP contribution is -2.32. The number of hydrogen-bond acceptors (Lipinski definition) is 5. The molecule has 164 valence electrons. The highest BCUT2D eigenvalue weighted by Crippen LogP contribution is 2.24. The zero-order valence-electron chi connectivity index (χ0n) is 17.8. The molecule has 0 aliphatic rings. The second-order valence-corrected chi connectivity index (χ2v) is 9.62. The van der Waals surface area contributed by atoms with Crippen LogP contribution >= 0.6 is 11.8 Å². The molecule has 0 saturated heterocycles. The number of nitrogens with one attached hydrogen (secondary N) is 1. The number of anilines is 1. The highest BCUT2D eigenvalue weighted by Gasteiger charge is 2.17. The second kappa shape index (κ2) is 11.9. The van der Waals surface area contributed by atoms with Crippen LogP contribution in [0.4, 0.5) is 5.69 Å². The van der Waals surface area contributed by atoms with Gasteiger partial charge in [0, 0.05) is 17.9 Å². The van der Waals surface area contributed by atoms with Gasteiger partial charge in [-0.05, 0) is 55.0 Å². The molecule has 8 heteroatoms. The van der Waals surface area contributed by atoms with E-state index < -0.39 is 10.0 Å². The fourth-order valence-electron chi connectivity index (χ4n) is 2.90. The van der Waals surface area contributed by atoms with E-state index in [1.165, 1.54) is 16.1 Å². The monoisotopic (exact) mass is 450 g/mol. The van der Waals surface area contributed by atoms with E-state index in [9.17, 15) is 13.2 Å². The van der Waals surface area contributed by atoms with E-state index in [1.807, 2.05) is 48.7 Å². The largest absolute Gasteiger partial charge is 0.492 e. The smallest absolute Gasteiger partial charge is 0.232 e. The summed E-state index contributed by atoms with van der Waals surface area (Å²) in [7, 11) is -3.43. The molecule has 0 aromatic heterocycles. The Balaban J connectivity index is 1.75. The molecule has 0 aliphatic heterocycles. The zero-order valence-corrected chi connectivity index (χ0v) is 19.4. The van der Waals surface area contributed by atoms with Gasteiger partial charge in [0.2, 0.25) is 15.9 Å². The summed E-state index contributed by atoms with van der Waals surface area (Å²) in [5.41, 5.74) is 1.87. The molecule has 1 amide bonds. The van der Waals surface area contributed by atoms with Crippen molar-refractivity contribution in [1.82, 2.24) is 5.32 Å². The molecule has 2 rings (SSSR count). The van der Waals surface area contributed by atoms with E-state index in [2.05, 4.69) is 12.2 Å². The maximum absolute atomic E-state index is 12.2. The van der Waals surface area contributed by atoms with E-state index in [4.69, 9.17) is 4.74 Å². The van der Waals surface area contributed by atoms with Crippen molar-refractivity contribution >= 4 is 33.4 Å². The number of nitrogens with zero attached hydrogens (tertiary/aromatic N) is 1. The molecule has 0 unspecified atom stereocenters. The number of carbonyl (C=O) groups excluding carboxylic acids is 1. The normalized spacial score (nSPS) is 11.2. The summed E-state index contributed by atoms with van der Waals surface area (Å²) in [6, 6.07) is 15.3. The van der Waals surface area contributed by atoms with Crippen LogP contribution in [0.25, 0.3) is 0 Å². The minimum atomic E-state index is -3.43. The Morgan fingerprint density at radius 1 is 1.17 bits per heavy atom. The molecule has 6 nitrogen and oxygen atoms in total. The highest BCUT2D eigenvalue weighted by molar-refractivity contribution is 7.98. The van der Waals surface area contributed by atoms with Gasteiger partial charge in [0.15, 0.2) is 0 Å². The van der Waals surface area contributed by atoms with Gasteiger partial charge < -0.3 is 10.1 Å². The van der Waals surface area contributed by atoms with Crippen molar-refractivity contribution in [3.05, 3.63) is 54.1 Å². The molecule has 1 N–H and O–H groups in total. The van der Waals surface area contributed by atoms with Gasteiger partial charge in [-0.25, -0.2) is 8.42 Å². The van der Waals surface area contributed by atoms with Crippen LogP contribution in [0.15, 0.2) is 53.4 Å². The van der Waals surface area contributed by atoms with Crippen molar-refractivity contribution in [1.29, 1.82) is 0 Å². The Bertz CT molecular complexity index is 915. The number of ether oxygens (including phenoxy) is 1. The number of amides is 1. The van der Waals surface area contributed by atoms with E-state index in [-0.39, 0.29) is 18.9 Å². The Kier molecular flexibility index (Phi) is 9.52. The number of hydrogen-bond donors (Lipinski definition) is 1. The summed E-state index contributed by atoms with van der Waals surface area (Å²) in [5.74, 6) is 0.656. The topological polar surface area (TPSA) is 75.7 Å². The Labute approximate surface area is 184 Å². The van der Waals surface area contributed by atoms with Crippen LogP contribution in [0, 0.1) is 0 Å². The van der Waals surface area contributed by atoms with E-state index >= 15 is 0 Å². The molecule has 0 bridgehead atoms. The lowest BCUT2D eigenvalue weighted by molar-refractivity contribution is -0.121. The van der Waals surface area contributed by atoms with Crippen molar-refractivity contribution in [2.45, 2.75) is 31.1 Å². The molecule has 0 aliphatic carbocycles. The first kappa shape index (κ1) is 24.1. The molecule has 0 fully saturated rings. The third-order valence-corrected chi connectivity index (χ3v) is 6.45. The summed E-state index contributed by atoms with van der Waals surface area (Å²) < 4.78 is 31.4. The fourth-order valence-corrected chi connectivity index (χ4v) is 4.31. The van der Waals surface area contributed by atoms with Gasteiger partial charge in [0.1, 0.15) is 12.4 Å². The highest BCUT2D eigenvalue weighted by atomic mass is 32.2. The van der Waals surface area contributed by atoms with E-state index in [0.29, 0.717) is 25.3 Å². The van der Waals surface area contributed by atoms with Crippen LogP contribution in [0.1, 0.15) is 25.3 Å². The number of rotatable bonds is 12. The Morgan fingerprint density at radius 3 is 2.53 bits per heavy atom. The number of sulfonamides is 1. The van der Waals surface area contributed by atoms with Crippen LogP contribution in [0.3, 0.4) is 0 Å². The zero-order chi connectivity index (χ0) is 22.0. The van der Waals surface area contributed by atoms with E-state index in [1.54, 1.807) is 17.8 Å². The van der Waals surface area contributed by atoms with Crippen LogP contribution in [0.2, 0.25) is 0 Å². The SMILES string of the molecule is CCc1ccc(OCCNC(=O)CCCN(c2cccc(SC)c2)S(C)(=O)=O)cc1. The first-order valence-corrected chi connectivity index (χ1v) is 13.0. The first-order valence-electron chi connectivity index (χ1n) is 9.93. The van der Waals surface area contributed by atoms with Gasteiger partial charge in [0.25, 0.3) is 0 Å². The second-order valence-electron chi connectivity index (χ2n) is 6.84. The van der Waals surface area contributed by atoms with Crippen molar-refractivity contribution in [2.75, 3.05) is 36.5 Å². The van der Waals surface area contributed by atoms with Crippen LogP contribution < -0.4 is 14.4 Å². The predicted octanol–water partition coefficient (Wildman–Crippen LogP) is 3.71. The third kappa shape index (κ3) is 7.91. The van der Waals surface area contributed by atoms with Gasteiger partial charge in [-0.3, -0.25) is 9.10 Å². The van der Waals surface area contributed by atoms with Crippen LogP contribution in [-0.2, 0) is 21.2 Å². The van der Waals surface area contributed by atoms with Gasteiger partial charge in [-0.15, -0.1) is 11.8 Å². The Hall–Kier alpha value is -2.19. The van der Waals surface area contributed by atoms with E-state index in [0.717, 1.165) is 17.1 Å². The Morgan fingerprint density at radius 2 is 1.90 bits per heavy atom. The minimum absolute atomic E-state index is 0.119. The minimum Gasteiger partial charge on any atom is -0.492 e. The number of thioether (sulfide) groups is 1. The lowest BCUT2D eigenvalue weighted by Gasteiger charge is -2.22. The summed E-state index contributed by atoms with van der Waals surface area (Å²) in [5, 5.41) is 2.81. The fraction of sp³-hybridized carbons (Fsp3) is 0.409. The number of benzene rings is 2. The number of carbonyl (C=O) groups is 1. The molecule has 0 radical (unpaired) electrons. The van der Waals surface area contributed by atoms with Gasteiger partial charge in [-0.2, -0.15) is 0 Å². The summed E-state index contributed by atoms with van der Waals surface area (Å²) in [4.78, 5) is 13.1. The third-order valence-electron chi connectivity index (χ3n) is 4.53. The molecule has 0 atom stereocenters. The molecular formula is C22H30N2O4S2.